The maximum Gasteiger partial charge on any atom is 0.368 e. The van der Waals surface area contributed by atoms with Gasteiger partial charge in [0.2, 0.25) is 0 Å². The lowest BCUT2D eigenvalue weighted by molar-refractivity contribution is -0.384. The number of benzene rings is 2. The van der Waals surface area contributed by atoms with Crippen molar-refractivity contribution in [2.45, 2.75) is 6.92 Å². The van der Waals surface area contributed by atoms with E-state index in [4.69, 9.17) is 20.8 Å². The molecule has 0 amide bonds. The molecule has 0 aliphatic carbocycles. The van der Waals surface area contributed by atoms with Gasteiger partial charge >= 0.3 is 11.5 Å². The summed E-state index contributed by atoms with van der Waals surface area (Å²) in [4.78, 5) is 10.4. The minimum Gasteiger partial charge on any atom is -0.495 e. The lowest BCUT2D eigenvalue weighted by Gasteiger charge is -2.05. The van der Waals surface area contributed by atoms with Crippen LogP contribution in [-0.2, 0) is 0 Å². The average Bonchev–Trinajstić information content (AvgIpc) is 2.53. The van der Waals surface area contributed by atoms with Crippen molar-refractivity contribution in [2.24, 2.45) is 0 Å². The van der Waals surface area contributed by atoms with E-state index in [-0.39, 0.29) is 5.69 Å². The van der Waals surface area contributed by atoms with Crippen LogP contribution in [0.4, 0.5) is 5.69 Å². The molecule has 3 rings (SSSR count). The van der Waals surface area contributed by atoms with Crippen LogP contribution in [-0.4, -0.2) is 12.0 Å². The van der Waals surface area contributed by atoms with Gasteiger partial charge in [0.25, 0.3) is 5.69 Å². The van der Waals surface area contributed by atoms with Crippen molar-refractivity contribution >= 4 is 28.1 Å². The number of ether oxygens (including phenoxy) is 1. The number of hydrogen-bond donors (Lipinski definition) is 0. The fraction of sp³-hybridized carbons (Fsp3) is 0.118. The van der Waals surface area contributed by atoms with Gasteiger partial charge in [0, 0.05) is 23.6 Å². The van der Waals surface area contributed by atoms with Gasteiger partial charge in [-0.3, -0.25) is 10.1 Å². The molecule has 116 valence electrons. The van der Waals surface area contributed by atoms with Crippen LogP contribution in [0.3, 0.4) is 0 Å². The van der Waals surface area contributed by atoms with Crippen LogP contribution in [0.5, 0.6) is 5.75 Å². The highest BCUT2D eigenvalue weighted by atomic mass is 35.5. The largest absolute Gasteiger partial charge is 0.495 e. The van der Waals surface area contributed by atoms with Crippen molar-refractivity contribution in [3.05, 3.63) is 63.4 Å². The monoisotopic (exact) mass is 330 g/mol. The predicted octanol–water partition coefficient (Wildman–Crippen LogP) is 5.26. The normalized spacial score (nSPS) is 10.7. The summed E-state index contributed by atoms with van der Waals surface area (Å²) in [5.74, 6) is 1.87. The van der Waals surface area contributed by atoms with Gasteiger partial charge in [-0.05, 0) is 24.3 Å². The Morgan fingerprint density at radius 3 is 2.48 bits per heavy atom. The van der Waals surface area contributed by atoms with E-state index in [1.54, 1.807) is 25.3 Å². The van der Waals surface area contributed by atoms with Crippen LogP contribution in [0.2, 0.25) is 5.02 Å². The second kappa shape index (κ2) is 5.85. The highest BCUT2D eigenvalue weighted by molar-refractivity contribution is 6.33. The van der Waals surface area contributed by atoms with Crippen LogP contribution in [0, 0.1) is 17.0 Å². The standard InChI is InChI=1S/C17H13ClNO4/c1-10-7-12-8-15(18)16(22-2)9-14(12)17(23-10)11-3-5-13(6-4-11)19(20)21/h3-9H,1-2H3/q+1. The zero-order chi connectivity index (χ0) is 16.6. The Bertz CT molecular complexity index is 907. The molecule has 0 fully saturated rings. The third-order valence-corrected chi connectivity index (χ3v) is 3.83. The summed E-state index contributed by atoms with van der Waals surface area (Å²) in [5.41, 5.74) is 0.778. The molecule has 0 radical (unpaired) electrons. The molecule has 3 aromatic rings. The summed E-state index contributed by atoms with van der Waals surface area (Å²) in [6.45, 7) is 1.84. The maximum atomic E-state index is 10.8. The fourth-order valence-electron chi connectivity index (χ4n) is 2.45. The molecule has 0 unspecified atom stereocenters. The Morgan fingerprint density at radius 2 is 1.87 bits per heavy atom. The molecule has 2 aromatic carbocycles. The van der Waals surface area contributed by atoms with Crippen molar-refractivity contribution in [1.29, 1.82) is 0 Å². The van der Waals surface area contributed by atoms with E-state index in [2.05, 4.69) is 0 Å². The zero-order valence-electron chi connectivity index (χ0n) is 12.5. The van der Waals surface area contributed by atoms with E-state index < -0.39 is 4.92 Å². The van der Waals surface area contributed by atoms with Crippen LogP contribution < -0.4 is 4.74 Å². The summed E-state index contributed by atoms with van der Waals surface area (Å²) >= 11 is 6.18. The summed E-state index contributed by atoms with van der Waals surface area (Å²) < 4.78 is 11.1. The number of nitro groups is 1. The Balaban J connectivity index is 2.25. The molecular weight excluding hydrogens is 318 g/mol. The van der Waals surface area contributed by atoms with Gasteiger partial charge in [-0.25, -0.2) is 4.42 Å². The number of non-ortho nitro benzene ring substituents is 1. The molecule has 1 heterocycles. The number of aryl methyl sites for hydroxylation is 1. The van der Waals surface area contributed by atoms with E-state index in [1.807, 2.05) is 19.1 Å². The van der Waals surface area contributed by atoms with Gasteiger partial charge in [-0.1, -0.05) is 11.6 Å². The van der Waals surface area contributed by atoms with Crippen LogP contribution in [0.25, 0.3) is 22.1 Å². The quantitative estimate of drug-likeness (QED) is 0.373. The molecule has 0 bridgehead atoms. The van der Waals surface area contributed by atoms with Gasteiger partial charge < -0.3 is 4.74 Å². The maximum absolute atomic E-state index is 10.8. The summed E-state index contributed by atoms with van der Waals surface area (Å²) in [5, 5.41) is 13.0. The number of rotatable bonds is 3. The SMILES string of the molecule is COc1cc2c(-c3ccc([N+](=O)[O-])cc3)[o+]c(C)cc2cc1Cl. The molecule has 0 N–H and O–H groups in total. The van der Waals surface area contributed by atoms with Crippen LogP contribution >= 0.6 is 11.6 Å². The molecule has 0 atom stereocenters. The Hall–Kier alpha value is -2.66. The van der Waals surface area contributed by atoms with Crippen molar-refractivity contribution in [3.63, 3.8) is 0 Å². The Labute approximate surface area is 137 Å². The van der Waals surface area contributed by atoms with Gasteiger partial charge in [-0.2, -0.15) is 0 Å². The van der Waals surface area contributed by atoms with Crippen molar-refractivity contribution in [1.82, 2.24) is 0 Å². The molecule has 23 heavy (non-hydrogen) atoms. The number of hydrogen-bond acceptors (Lipinski definition) is 3. The number of halogens is 1. The number of fused-ring (bicyclic) bond motifs is 1. The van der Waals surface area contributed by atoms with E-state index in [9.17, 15) is 10.1 Å². The summed E-state index contributed by atoms with van der Waals surface area (Å²) in [7, 11) is 1.55. The number of nitro benzene ring substituents is 1. The highest BCUT2D eigenvalue weighted by Gasteiger charge is 2.21. The van der Waals surface area contributed by atoms with E-state index in [0.717, 1.165) is 16.3 Å². The molecule has 0 aliphatic rings. The Kier molecular flexibility index (Phi) is 3.88. The zero-order valence-corrected chi connectivity index (χ0v) is 13.3. The minimum absolute atomic E-state index is 0.0336. The smallest absolute Gasteiger partial charge is 0.368 e. The third-order valence-electron chi connectivity index (χ3n) is 3.53. The minimum atomic E-state index is -0.432. The van der Waals surface area contributed by atoms with Crippen LogP contribution in [0.15, 0.2) is 46.9 Å². The first-order valence-corrected chi connectivity index (χ1v) is 7.23. The molecule has 1 aromatic heterocycles. The van der Waals surface area contributed by atoms with E-state index in [0.29, 0.717) is 22.3 Å². The third kappa shape index (κ3) is 2.83. The molecule has 0 spiro atoms. The number of methoxy groups -OCH3 is 1. The second-order valence-corrected chi connectivity index (χ2v) is 5.47. The molecule has 5 nitrogen and oxygen atoms in total. The lowest BCUT2D eigenvalue weighted by Crippen LogP contribution is -1.90. The van der Waals surface area contributed by atoms with Crippen molar-refractivity contribution < 1.29 is 14.1 Å². The number of nitrogens with zero attached hydrogens (tertiary/aromatic N) is 1. The molecule has 6 heteroatoms. The highest BCUT2D eigenvalue weighted by Crippen LogP contribution is 2.36. The fourth-order valence-corrected chi connectivity index (χ4v) is 2.70. The first-order valence-electron chi connectivity index (χ1n) is 6.85. The predicted molar refractivity (Wildman–Crippen MR) is 89.0 cm³/mol. The summed E-state index contributed by atoms with van der Waals surface area (Å²) in [6, 6.07) is 11.7. The molecule has 0 saturated heterocycles. The van der Waals surface area contributed by atoms with Gasteiger partial charge in [0.15, 0.2) is 0 Å². The lowest BCUT2D eigenvalue weighted by atomic mass is 10.0. The molecule has 0 aliphatic heterocycles. The first-order chi connectivity index (χ1) is 11.0. The second-order valence-electron chi connectivity index (χ2n) is 5.06. The van der Waals surface area contributed by atoms with Crippen LogP contribution in [0.1, 0.15) is 5.76 Å². The van der Waals surface area contributed by atoms with Gasteiger partial charge in [-0.15, -0.1) is 0 Å². The first kappa shape index (κ1) is 15.2. The van der Waals surface area contributed by atoms with E-state index in [1.165, 1.54) is 12.1 Å². The molecular formula is C17H13ClNO4+. The van der Waals surface area contributed by atoms with Gasteiger partial charge in [0.05, 0.1) is 34.9 Å². The topological polar surface area (TPSA) is 63.7 Å². The Morgan fingerprint density at radius 1 is 1.17 bits per heavy atom. The summed E-state index contributed by atoms with van der Waals surface area (Å²) in [6.07, 6.45) is 0. The molecule has 0 saturated carbocycles. The van der Waals surface area contributed by atoms with Crippen molar-refractivity contribution in [3.8, 4) is 17.1 Å². The van der Waals surface area contributed by atoms with Crippen molar-refractivity contribution in [2.75, 3.05) is 7.11 Å². The van der Waals surface area contributed by atoms with Gasteiger partial charge in [0.1, 0.15) is 5.75 Å². The average molecular weight is 331 g/mol. The van der Waals surface area contributed by atoms with E-state index >= 15 is 0 Å².